The highest BCUT2D eigenvalue weighted by Gasteiger charge is 2.26. The summed E-state index contributed by atoms with van der Waals surface area (Å²) >= 11 is 0. The molecule has 1 aromatic carbocycles. The molecule has 2 fully saturated rings. The van der Waals surface area contributed by atoms with Gasteiger partial charge in [0.1, 0.15) is 5.82 Å². The molecule has 2 heterocycles. The first-order valence-electron chi connectivity index (χ1n) is 9.71. The molecule has 2 aliphatic rings. The van der Waals surface area contributed by atoms with Crippen LogP contribution in [0.4, 0.5) is 0 Å². The fourth-order valence-electron chi connectivity index (χ4n) is 3.29. The van der Waals surface area contributed by atoms with E-state index in [0.29, 0.717) is 12.5 Å². The first kappa shape index (κ1) is 17.8. The maximum Gasteiger partial charge on any atom is 0.152 e. The third-order valence-corrected chi connectivity index (χ3v) is 5.03. The Kier molecular flexibility index (Phi) is 4.90. The Bertz CT molecular complexity index is 757. The van der Waals surface area contributed by atoms with Crippen molar-refractivity contribution in [2.75, 3.05) is 19.7 Å². The van der Waals surface area contributed by atoms with E-state index in [9.17, 15) is 0 Å². The third kappa shape index (κ3) is 4.37. The molecule has 142 valence electrons. The van der Waals surface area contributed by atoms with Gasteiger partial charge in [0.15, 0.2) is 5.75 Å². The van der Waals surface area contributed by atoms with Crippen LogP contribution in [-0.4, -0.2) is 29.2 Å². The largest absolute Gasteiger partial charge is 0.383 e. The van der Waals surface area contributed by atoms with Crippen LogP contribution >= 0.6 is 0 Å². The lowest BCUT2D eigenvalue weighted by atomic mass is 9.92. The molecule has 1 saturated heterocycles. The predicted molar refractivity (Wildman–Crippen MR) is 102 cm³/mol. The van der Waals surface area contributed by atoms with Gasteiger partial charge < -0.3 is 14.7 Å². The monoisotopic (exact) mass is 358 g/mol. The first-order chi connectivity index (χ1) is 12.5. The number of nitrogens with zero attached hydrogens (tertiary/aromatic N) is 2. The zero-order valence-electron chi connectivity index (χ0n) is 16.0. The molecule has 6 heteroatoms. The van der Waals surface area contributed by atoms with Crippen LogP contribution in [0.15, 0.2) is 18.2 Å². The standard InChI is InChI=1S/C20H30N4O2/c1-20(2,3)9-19-22-17-8-16(26-23-25-13-15-10-21-11-15)6-7-18(17)24(19)12-14-4-5-14/h6-8,14-15,21,23H,4-5,9-13H2,1-3H3. The summed E-state index contributed by atoms with van der Waals surface area (Å²) < 4.78 is 2.41. The Balaban J connectivity index is 1.47. The Morgan fingerprint density at radius 1 is 1.23 bits per heavy atom. The van der Waals surface area contributed by atoms with Gasteiger partial charge in [0, 0.05) is 38.0 Å². The highest BCUT2D eigenvalue weighted by Crippen LogP contribution is 2.34. The van der Waals surface area contributed by atoms with Crippen LogP contribution in [-0.2, 0) is 17.8 Å². The number of hydrogen-bond acceptors (Lipinski definition) is 5. The number of fused-ring (bicyclic) bond motifs is 1. The molecule has 1 saturated carbocycles. The van der Waals surface area contributed by atoms with Crippen molar-refractivity contribution in [1.29, 1.82) is 0 Å². The van der Waals surface area contributed by atoms with Crippen molar-refractivity contribution < 1.29 is 9.68 Å². The summed E-state index contributed by atoms with van der Waals surface area (Å²) in [5.74, 6) is 3.30. The van der Waals surface area contributed by atoms with E-state index in [0.717, 1.165) is 43.2 Å². The Morgan fingerprint density at radius 3 is 2.69 bits per heavy atom. The smallest absolute Gasteiger partial charge is 0.152 e. The molecule has 1 aliphatic carbocycles. The summed E-state index contributed by atoms with van der Waals surface area (Å²) in [6, 6.07) is 6.09. The summed E-state index contributed by atoms with van der Waals surface area (Å²) in [4.78, 5) is 15.8. The molecule has 6 nitrogen and oxygen atoms in total. The van der Waals surface area contributed by atoms with Crippen LogP contribution in [0.3, 0.4) is 0 Å². The Labute approximate surface area is 155 Å². The number of rotatable bonds is 8. The topological polar surface area (TPSA) is 60.3 Å². The second-order valence-corrected chi connectivity index (χ2v) is 8.99. The number of imidazole rings is 1. The van der Waals surface area contributed by atoms with Crippen molar-refractivity contribution in [1.82, 2.24) is 20.5 Å². The van der Waals surface area contributed by atoms with Gasteiger partial charge >= 0.3 is 0 Å². The maximum absolute atomic E-state index is 5.53. The summed E-state index contributed by atoms with van der Waals surface area (Å²) in [5, 5.41) is 3.22. The molecule has 1 aliphatic heterocycles. The minimum atomic E-state index is 0.216. The highest BCUT2D eigenvalue weighted by molar-refractivity contribution is 5.77. The zero-order valence-corrected chi connectivity index (χ0v) is 16.0. The van der Waals surface area contributed by atoms with E-state index in [1.165, 1.54) is 24.2 Å². The lowest BCUT2D eigenvalue weighted by Gasteiger charge is -2.26. The van der Waals surface area contributed by atoms with Crippen molar-refractivity contribution in [3.8, 4) is 5.75 Å². The van der Waals surface area contributed by atoms with Gasteiger partial charge in [-0.15, -0.1) is 0 Å². The summed E-state index contributed by atoms with van der Waals surface area (Å²) in [6.45, 7) is 10.6. The van der Waals surface area contributed by atoms with Gasteiger partial charge in [-0.25, -0.2) is 4.98 Å². The molecule has 0 atom stereocenters. The van der Waals surface area contributed by atoms with Gasteiger partial charge in [-0.2, -0.15) is 0 Å². The van der Waals surface area contributed by atoms with Crippen LogP contribution in [0.5, 0.6) is 5.75 Å². The van der Waals surface area contributed by atoms with Crippen LogP contribution < -0.4 is 15.8 Å². The van der Waals surface area contributed by atoms with E-state index < -0.39 is 0 Å². The van der Waals surface area contributed by atoms with Crippen molar-refractivity contribution in [3.05, 3.63) is 24.0 Å². The maximum atomic E-state index is 5.53. The molecular formula is C20H30N4O2. The van der Waals surface area contributed by atoms with Gasteiger partial charge in [-0.1, -0.05) is 20.8 Å². The number of aromatic nitrogens is 2. The van der Waals surface area contributed by atoms with Crippen molar-refractivity contribution in [3.63, 3.8) is 0 Å². The molecular weight excluding hydrogens is 328 g/mol. The Morgan fingerprint density at radius 2 is 2.04 bits per heavy atom. The van der Waals surface area contributed by atoms with E-state index in [1.807, 2.05) is 12.1 Å². The summed E-state index contributed by atoms with van der Waals surface area (Å²) in [6.07, 6.45) is 3.66. The molecule has 2 N–H and O–H groups in total. The second kappa shape index (κ2) is 7.18. The van der Waals surface area contributed by atoms with Crippen molar-refractivity contribution in [2.45, 2.75) is 46.6 Å². The molecule has 0 amide bonds. The van der Waals surface area contributed by atoms with Crippen LogP contribution in [0.25, 0.3) is 11.0 Å². The van der Waals surface area contributed by atoms with Gasteiger partial charge in [-0.3, -0.25) is 4.84 Å². The van der Waals surface area contributed by atoms with E-state index >= 15 is 0 Å². The predicted octanol–water partition coefficient (Wildman–Crippen LogP) is 3.07. The molecule has 0 spiro atoms. The number of hydrogen-bond donors (Lipinski definition) is 2. The third-order valence-electron chi connectivity index (χ3n) is 5.03. The molecule has 2 aromatic rings. The minimum absolute atomic E-state index is 0.216. The number of nitrogens with one attached hydrogen (secondary N) is 2. The van der Waals surface area contributed by atoms with E-state index in [4.69, 9.17) is 14.7 Å². The van der Waals surface area contributed by atoms with Gasteiger partial charge in [-0.05, 0) is 42.0 Å². The second-order valence-electron chi connectivity index (χ2n) is 8.99. The minimum Gasteiger partial charge on any atom is -0.383 e. The lowest BCUT2D eigenvalue weighted by Crippen LogP contribution is -2.45. The fourth-order valence-corrected chi connectivity index (χ4v) is 3.29. The average Bonchev–Trinajstić information content (AvgIpc) is 3.28. The first-order valence-corrected chi connectivity index (χ1v) is 9.71. The molecule has 4 rings (SSSR count). The van der Waals surface area contributed by atoms with Crippen molar-refractivity contribution >= 4 is 11.0 Å². The fraction of sp³-hybridized carbons (Fsp3) is 0.650. The quantitative estimate of drug-likeness (QED) is 0.561. The summed E-state index contributed by atoms with van der Waals surface area (Å²) in [5.41, 5.74) is 5.01. The van der Waals surface area contributed by atoms with Gasteiger partial charge in [0.05, 0.1) is 17.6 Å². The SMILES string of the molecule is CC(C)(C)Cc1nc2cc(ONOCC3CNC3)ccc2n1CC1CC1. The van der Waals surface area contributed by atoms with Crippen LogP contribution in [0, 0.1) is 17.3 Å². The van der Waals surface area contributed by atoms with E-state index in [1.54, 1.807) is 0 Å². The molecule has 0 unspecified atom stereocenters. The molecule has 26 heavy (non-hydrogen) atoms. The number of benzene rings is 1. The molecule has 1 aromatic heterocycles. The van der Waals surface area contributed by atoms with Crippen molar-refractivity contribution in [2.24, 2.45) is 17.3 Å². The Hall–Kier alpha value is -1.63. The van der Waals surface area contributed by atoms with Crippen LogP contribution in [0.2, 0.25) is 0 Å². The molecule has 0 radical (unpaired) electrons. The van der Waals surface area contributed by atoms with E-state index in [2.05, 4.69) is 42.4 Å². The zero-order chi connectivity index (χ0) is 18.1. The molecule has 0 bridgehead atoms. The lowest BCUT2D eigenvalue weighted by molar-refractivity contribution is -0.121. The van der Waals surface area contributed by atoms with Gasteiger partial charge in [0.25, 0.3) is 0 Å². The van der Waals surface area contributed by atoms with Gasteiger partial charge in [0.2, 0.25) is 0 Å². The normalized spacial score (nSPS) is 18.3. The van der Waals surface area contributed by atoms with E-state index in [-0.39, 0.29) is 5.41 Å². The highest BCUT2D eigenvalue weighted by atomic mass is 16.9. The average molecular weight is 358 g/mol. The summed E-state index contributed by atoms with van der Waals surface area (Å²) in [7, 11) is 0. The van der Waals surface area contributed by atoms with Crippen LogP contribution in [0.1, 0.15) is 39.4 Å².